The third-order valence-corrected chi connectivity index (χ3v) is 6.70. The van der Waals surface area contributed by atoms with E-state index in [0.29, 0.717) is 17.8 Å². The van der Waals surface area contributed by atoms with Crippen molar-refractivity contribution in [3.63, 3.8) is 0 Å². The molecule has 166 valence electrons. The molecule has 4 rings (SSSR count). The summed E-state index contributed by atoms with van der Waals surface area (Å²) in [6.07, 6.45) is 5.62. The smallest absolute Gasteiger partial charge is 0.228 e. The average molecular weight is 422 g/mol. The lowest BCUT2D eigenvalue weighted by molar-refractivity contribution is -0.130. The van der Waals surface area contributed by atoms with E-state index in [2.05, 4.69) is 52.9 Å². The first-order valence-corrected chi connectivity index (χ1v) is 11.6. The zero-order valence-electron chi connectivity index (χ0n) is 18.9. The molecule has 2 aliphatic heterocycles. The number of hydrogen-bond acceptors (Lipinski definition) is 4. The van der Waals surface area contributed by atoms with Crippen LogP contribution in [0.4, 0.5) is 0 Å². The van der Waals surface area contributed by atoms with Crippen LogP contribution in [0.15, 0.2) is 48.7 Å². The quantitative estimate of drug-likeness (QED) is 0.673. The molecule has 0 radical (unpaired) electrons. The van der Waals surface area contributed by atoms with E-state index in [1.807, 2.05) is 18.2 Å². The number of nitrogens with zero attached hydrogens (tertiary/aromatic N) is 3. The Morgan fingerprint density at radius 2 is 1.81 bits per heavy atom. The first kappa shape index (κ1) is 21.8. The van der Waals surface area contributed by atoms with Crippen LogP contribution in [0.5, 0.6) is 5.75 Å². The highest BCUT2D eigenvalue weighted by Gasteiger charge is 2.41. The second-order valence-electron chi connectivity index (χ2n) is 9.65. The lowest BCUT2D eigenvalue weighted by atomic mass is 9.77. The van der Waals surface area contributed by atoms with Crippen LogP contribution in [-0.4, -0.2) is 53.5 Å². The van der Waals surface area contributed by atoms with E-state index in [4.69, 9.17) is 4.74 Å². The molecule has 5 heteroatoms. The van der Waals surface area contributed by atoms with Crippen molar-refractivity contribution in [2.75, 3.05) is 32.8 Å². The van der Waals surface area contributed by atoms with Gasteiger partial charge in [-0.1, -0.05) is 38.1 Å². The van der Waals surface area contributed by atoms with Crippen molar-refractivity contribution in [2.45, 2.75) is 46.1 Å². The SMILES string of the molecule is CC(C)COc1ccccc1CN1CCC2(CC1)CCN(C(=O)Cc1ccccn1)C2. The molecular formula is C26H35N3O2. The zero-order valence-corrected chi connectivity index (χ0v) is 18.9. The number of amides is 1. The molecule has 0 unspecified atom stereocenters. The summed E-state index contributed by atoms with van der Waals surface area (Å²) in [7, 11) is 0. The van der Waals surface area contributed by atoms with Gasteiger partial charge in [0, 0.05) is 37.1 Å². The molecular weight excluding hydrogens is 386 g/mol. The van der Waals surface area contributed by atoms with Gasteiger partial charge in [-0.15, -0.1) is 0 Å². The van der Waals surface area contributed by atoms with Crippen LogP contribution in [0, 0.1) is 11.3 Å². The van der Waals surface area contributed by atoms with Gasteiger partial charge in [-0.2, -0.15) is 0 Å². The second kappa shape index (κ2) is 9.82. The molecule has 2 aromatic rings. The van der Waals surface area contributed by atoms with Gasteiger partial charge in [0.1, 0.15) is 5.75 Å². The Hall–Kier alpha value is -2.40. The van der Waals surface area contributed by atoms with Crippen LogP contribution in [0.25, 0.3) is 0 Å². The summed E-state index contributed by atoms with van der Waals surface area (Å²) >= 11 is 0. The molecule has 1 spiro atoms. The van der Waals surface area contributed by atoms with E-state index in [0.717, 1.165) is 70.0 Å². The highest BCUT2D eigenvalue weighted by molar-refractivity contribution is 5.78. The predicted molar refractivity (Wildman–Crippen MR) is 123 cm³/mol. The fourth-order valence-corrected chi connectivity index (χ4v) is 4.78. The molecule has 3 heterocycles. The highest BCUT2D eigenvalue weighted by atomic mass is 16.5. The molecule has 1 aromatic carbocycles. The van der Waals surface area contributed by atoms with Crippen molar-refractivity contribution in [2.24, 2.45) is 11.3 Å². The molecule has 0 aliphatic carbocycles. The minimum atomic E-state index is 0.217. The van der Waals surface area contributed by atoms with Crippen LogP contribution in [-0.2, 0) is 17.8 Å². The number of aromatic nitrogens is 1. The number of ether oxygens (including phenoxy) is 1. The normalized spacial score (nSPS) is 18.6. The van der Waals surface area contributed by atoms with Gasteiger partial charge in [0.15, 0.2) is 0 Å². The monoisotopic (exact) mass is 421 g/mol. The molecule has 0 atom stereocenters. The minimum Gasteiger partial charge on any atom is -0.493 e. The van der Waals surface area contributed by atoms with Gasteiger partial charge < -0.3 is 9.64 Å². The molecule has 5 nitrogen and oxygen atoms in total. The number of likely N-dealkylation sites (tertiary alicyclic amines) is 2. The first-order valence-electron chi connectivity index (χ1n) is 11.6. The Labute approximate surface area is 186 Å². The summed E-state index contributed by atoms with van der Waals surface area (Å²) in [6.45, 7) is 10.0. The van der Waals surface area contributed by atoms with E-state index in [1.54, 1.807) is 6.20 Å². The number of carbonyl (C=O) groups excluding carboxylic acids is 1. The lowest BCUT2D eigenvalue weighted by Crippen LogP contribution is -2.42. The van der Waals surface area contributed by atoms with Crippen molar-refractivity contribution in [3.8, 4) is 5.75 Å². The van der Waals surface area contributed by atoms with E-state index in [-0.39, 0.29) is 5.91 Å². The van der Waals surface area contributed by atoms with Crippen molar-refractivity contribution < 1.29 is 9.53 Å². The number of hydrogen-bond donors (Lipinski definition) is 0. The standard InChI is InChI=1S/C26H35N3O2/c1-21(2)19-31-24-9-4-3-7-22(24)18-28-14-10-26(11-15-28)12-16-29(20-26)25(30)17-23-8-5-6-13-27-23/h3-9,13,21H,10-12,14-20H2,1-2H3. The first-order chi connectivity index (χ1) is 15.0. The summed E-state index contributed by atoms with van der Waals surface area (Å²) in [5.41, 5.74) is 2.43. The molecule has 0 N–H and O–H groups in total. The van der Waals surface area contributed by atoms with E-state index in [9.17, 15) is 4.79 Å². The number of pyridine rings is 1. The predicted octanol–water partition coefficient (Wildman–Crippen LogP) is 4.17. The minimum absolute atomic E-state index is 0.217. The van der Waals surface area contributed by atoms with Gasteiger partial charge in [-0.05, 0) is 61.9 Å². The summed E-state index contributed by atoms with van der Waals surface area (Å²) in [5, 5.41) is 0. The third-order valence-electron chi connectivity index (χ3n) is 6.70. The van der Waals surface area contributed by atoms with Crippen LogP contribution in [0.3, 0.4) is 0 Å². The van der Waals surface area contributed by atoms with Gasteiger partial charge in [-0.3, -0.25) is 14.7 Å². The highest BCUT2D eigenvalue weighted by Crippen LogP contribution is 2.41. The number of para-hydroxylation sites is 1. The molecule has 1 amide bonds. The molecule has 2 fully saturated rings. The van der Waals surface area contributed by atoms with E-state index < -0.39 is 0 Å². The molecule has 2 saturated heterocycles. The topological polar surface area (TPSA) is 45.7 Å². The molecule has 1 aromatic heterocycles. The number of rotatable bonds is 7. The van der Waals surface area contributed by atoms with Crippen LogP contribution < -0.4 is 4.74 Å². The Kier molecular flexibility index (Phi) is 6.91. The van der Waals surface area contributed by atoms with Gasteiger partial charge in [0.25, 0.3) is 0 Å². The van der Waals surface area contributed by atoms with Crippen molar-refractivity contribution in [1.29, 1.82) is 0 Å². The van der Waals surface area contributed by atoms with Crippen molar-refractivity contribution in [1.82, 2.24) is 14.8 Å². The van der Waals surface area contributed by atoms with Gasteiger partial charge >= 0.3 is 0 Å². The Morgan fingerprint density at radius 3 is 2.55 bits per heavy atom. The maximum Gasteiger partial charge on any atom is 0.228 e. The largest absolute Gasteiger partial charge is 0.493 e. The maximum atomic E-state index is 12.8. The summed E-state index contributed by atoms with van der Waals surface area (Å²) in [6, 6.07) is 14.2. The van der Waals surface area contributed by atoms with Crippen molar-refractivity contribution in [3.05, 3.63) is 59.9 Å². The van der Waals surface area contributed by atoms with Crippen molar-refractivity contribution >= 4 is 5.91 Å². The summed E-state index contributed by atoms with van der Waals surface area (Å²) in [5.74, 6) is 1.76. The number of benzene rings is 1. The Balaban J connectivity index is 1.29. The maximum absolute atomic E-state index is 12.8. The van der Waals surface area contributed by atoms with Crippen LogP contribution in [0.2, 0.25) is 0 Å². The fraction of sp³-hybridized carbons (Fsp3) is 0.538. The number of piperidine rings is 1. The molecule has 31 heavy (non-hydrogen) atoms. The fourth-order valence-electron chi connectivity index (χ4n) is 4.78. The average Bonchev–Trinajstić information content (AvgIpc) is 3.19. The summed E-state index contributed by atoms with van der Waals surface area (Å²) in [4.78, 5) is 21.7. The number of carbonyl (C=O) groups is 1. The van der Waals surface area contributed by atoms with Crippen LogP contribution in [0.1, 0.15) is 44.4 Å². The third kappa shape index (κ3) is 5.65. The van der Waals surface area contributed by atoms with E-state index >= 15 is 0 Å². The second-order valence-corrected chi connectivity index (χ2v) is 9.65. The molecule has 2 aliphatic rings. The zero-order chi connectivity index (χ0) is 21.7. The van der Waals surface area contributed by atoms with Crippen LogP contribution >= 0.6 is 0 Å². The summed E-state index contributed by atoms with van der Waals surface area (Å²) < 4.78 is 6.05. The Morgan fingerprint density at radius 1 is 1.06 bits per heavy atom. The Bertz CT molecular complexity index is 860. The van der Waals surface area contributed by atoms with Gasteiger partial charge in [0.05, 0.1) is 13.0 Å². The molecule has 0 saturated carbocycles. The van der Waals surface area contributed by atoms with Gasteiger partial charge in [0.2, 0.25) is 5.91 Å². The lowest BCUT2D eigenvalue weighted by Gasteiger charge is -2.39. The van der Waals surface area contributed by atoms with Gasteiger partial charge in [-0.25, -0.2) is 0 Å². The van der Waals surface area contributed by atoms with E-state index in [1.165, 1.54) is 5.56 Å². The molecule has 0 bridgehead atoms.